The number of carbonyl (C=O) groups excluding carboxylic acids is 4. The first-order chi connectivity index (χ1) is 19.3. The van der Waals surface area contributed by atoms with Gasteiger partial charge in [-0.15, -0.1) is 0 Å². The highest BCUT2D eigenvalue weighted by Crippen LogP contribution is 2.10. The van der Waals surface area contributed by atoms with Gasteiger partial charge in [-0.3, -0.25) is 38.8 Å². The van der Waals surface area contributed by atoms with Gasteiger partial charge in [0, 0.05) is 72.4 Å². The van der Waals surface area contributed by atoms with E-state index in [2.05, 4.69) is 19.2 Å². The monoisotopic (exact) mass is 587 g/mol. The largest absolute Gasteiger partial charge is 0.468 e. The molecule has 0 unspecified atom stereocenters. The molecule has 1 aliphatic heterocycles. The molecule has 0 aliphatic carbocycles. The van der Waals surface area contributed by atoms with Gasteiger partial charge < -0.3 is 24.3 Å². The number of rotatable bonds is 14. The molecule has 0 saturated carbocycles. The molecule has 1 amide bonds. The van der Waals surface area contributed by atoms with E-state index in [0.717, 1.165) is 6.42 Å². The molecular weight excluding hydrogens is 534 g/mol. The SMILES string of the molecule is COC(=O)CN1CCN(COC(C)=O)CCN(CC(=O)NCC(C)(C)OCCC(C)C)CCN(CC(=O)OC)CC1. The molecular formula is C28H53N5O8. The Kier molecular flexibility index (Phi) is 17.7. The van der Waals surface area contributed by atoms with Crippen molar-refractivity contribution in [3.63, 3.8) is 0 Å². The molecule has 0 spiro atoms. The number of carbonyl (C=O) groups is 4. The lowest BCUT2D eigenvalue weighted by molar-refractivity contribution is -0.146. The summed E-state index contributed by atoms with van der Waals surface area (Å²) >= 11 is 0. The zero-order valence-electron chi connectivity index (χ0n) is 26.2. The summed E-state index contributed by atoms with van der Waals surface area (Å²) in [6.45, 7) is 15.3. The second kappa shape index (κ2) is 19.7. The second-order valence-corrected chi connectivity index (χ2v) is 11.4. The summed E-state index contributed by atoms with van der Waals surface area (Å²) in [4.78, 5) is 56.5. The normalized spacial score (nSPS) is 17.4. The summed E-state index contributed by atoms with van der Waals surface area (Å²) in [6, 6.07) is 0. The van der Waals surface area contributed by atoms with E-state index in [4.69, 9.17) is 18.9 Å². The second-order valence-electron chi connectivity index (χ2n) is 11.4. The van der Waals surface area contributed by atoms with Crippen LogP contribution >= 0.6 is 0 Å². The molecule has 41 heavy (non-hydrogen) atoms. The summed E-state index contributed by atoms with van der Waals surface area (Å²) < 4.78 is 21.0. The quantitative estimate of drug-likeness (QED) is 0.217. The Balaban J connectivity index is 2.93. The van der Waals surface area contributed by atoms with Crippen molar-refractivity contribution in [1.29, 1.82) is 0 Å². The Hall–Kier alpha value is -2.32. The minimum Gasteiger partial charge on any atom is -0.468 e. The van der Waals surface area contributed by atoms with Crippen molar-refractivity contribution in [2.24, 2.45) is 5.92 Å². The van der Waals surface area contributed by atoms with Crippen molar-refractivity contribution in [3.8, 4) is 0 Å². The minimum absolute atomic E-state index is 0.100. The lowest BCUT2D eigenvalue weighted by Gasteiger charge is -2.33. The number of nitrogens with zero attached hydrogens (tertiary/aromatic N) is 4. The van der Waals surface area contributed by atoms with E-state index in [0.29, 0.717) is 71.4 Å². The number of amides is 1. The van der Waals surface area contributed by atoms with Gasteiger partial charge in [-0.2, -0.15) is 0 Å². The number of esters is 3. The van der Waals surface area contributed by atoms with Gasteiger partial charge in [0.2, 0.25) is 5.91 Å². The van der Waals surface area contributed by atoms with E-state index >= 15 is 0 Å². The Morgan fingerprint density at radius 1 is 0.756 bits per heavy atom. The van der Waals surface area contributed by atoms with Gasteiger partial charge in [0.25, 0.3) is 0 Å². The highest BCUT2D eigenvalue weighted by molar-refractivity contribution is 5.78. The van der Waals surface area contributed by atoms with Gasteiger partial charge in [0.1, 0.15) is 6.73 Å². The summed E-state index contributed by atoms with van der Waals surface area (Å²) in [5.41, 5.74) is -0.486. The molecule has 1 rings (SSSR count). The van der Waals surface area contributed by atoms with Crippen LogP contribution < -0.4 is 5.32 Å². The molecule has 0 radical (unpaired) electrons. The highest BCUT2D eigenvalue weighted by Gasteiger charge is 2.23. The van der Waals surface area contributed by atoms with E-state index in [1.807, 2.05) is 33.4 Å². The first-order valence-electron chi connectivity index (χ1n) is 14.4. The van der Waals surface area contributed by atoms with Crippen LogP contribution in [0.25, 0.3) is 0 Å². The lowest BCUT2D eigenvalue weighted by atomic mass is 10.1. The van der Waals surface area contributed by atoms with Crippen molar-refractivity contribution in [2.45, 2.75) is 46.6 Å². The Morgan fingerprint density at radius 3 is 1.61 bits per heavy atom. The zero-order chi connectivity index (χ0) is 30.8. The summed E-state index contributed by atoms with van der Waals surface area (Å²) in [6.07, 6.45) is 0.956. The van der Waals surface area contributed by atoms with Crippen LogP contribution in [0, 0.1) is 5.92 Å². The van der Waals surface area contributed by atoms with Crippen LogP contribution in [0.3, 0.4) is 0 Å². The maximum Gasteiger partial charge on any atom is 0.319 e. The average molecular weight is 588 g/mol. The predicted octanol–water partition coefficient (Wildman–Crippen LogP) is 0.0321. The van der Waals surface area contributed by atoms with Crippen LogP contribution in [-0.4, -0.2) is 155 Å². The minimum atomic E-state index is -0.486. The van der Waals surface area contributed by atoms with Crippen LogP contribution in [-0.2, 0) is 38.1 Å². The standard InChI is InChI=1S/C28H53N5O8/c1-23(2)8-17-41-28(4,5)21-29-25(35)18-30-9-10-31(19-26(36)38-6)11-12-32(20-27(37)39-7)14-16-33(15-13-30)22-40-24(3)34/h23H,8-22H2,1-7H3,(H,29,35). The first kappa shape index (κ1) is 36.7. The lowest BCUT2D eigenvalue weighted by Crippen LogP contribution is -2.50. The summed E-state index contributed by atoms with van der Waals surface area (Å²) in [5.74, 6) is -0.658. The third-order valence-corrected chi connectivity index (χ3v) is 6.81. The number of hydrogen-bond donors (Lipinski definition) is 1. The van der Waals surface area contributed by atoms with Gasteiger partial charge in [-0.05, 0) is 26.2 Å². The van der Waals surface area contributed by atoms with Crippen LogP contribution in [0.4, 0.5) is 0 Å². The van der Waals surface area contributed by atoms with Crippen molar-refractivity contribution in [3.05, 3.63) is 0 Å². The fourth-order valence-corrected chi connectivity index (χ4v) is 4.05. The van der Waals surface area contributed by atoms with Crippen LogP contribution in [0.5, 0.6) is 0 Å². The van der Waals surface area contributed by atoms with Crippen molar-refractivity contribution in [1.82, 2.24) is 24.9 Å². The molecule has 0 atom stereocenters. The van der Waals surface area contributed by atoms with E-state index < -0.39 is 5.60 Å². The van der Waals surface area contributed by atoms with Crippen LogP contribution in [0.1, 0.15) is 41.0 Å². The molecule has 1 heterocycles. The molecule has 0 bridgehead atoms. The zero-order valence-corrected chi connectivity index (χ0v) is 26.2. The third-order valence-electron chi connectivity index (χ3n) is 6.81. The van der Waals surface area contributed by atoms with Gasteiger partial charge in [-0.1, -0.05) is 13.8 Å². The summed E-state index contributed by atoms with van der Waals surface area (Å²) in [5, 5.41) is 3.00. The first-order valence-corrected chi connectivity index (χ1v) is 14.4. The molecule has 0 aromatic rings. The topological polar surface area (TPSA) is 130 Å². The maximum atomic E-state index is 13.0. The molecule has 0 aromatic heterocycles. The third kappa shape index (κ3) is 18.0. The fourth-order valence-electron chi connectivity index (χ4n) is 4.05. The van der Waals surface area contributed by atoms with Crippen molar-refractivity contribution < 1.29 is 38.1 Å². The van der Waals surface area contributed by atoms with E-state index in [-0.39, 0.29) is 50.2 Å². The number of methoxy groups -OCH3 is 2. The van der Waals surface area contributed by atoms with Gasteiger partial charge in [0.05, 0.1) is 39.5 Å². The molecule has 1 saturated heterocycles. The van der Waals surface area contributed by atoms with Crippen LogP contribution in [0.15, 0.2) is 0 Å². The molecule has 0 aromatic carbocycles. The van der Waals surface area contributed by atoms with Crippen LogP contribution in [0.2, 0.25) is 0 Å². The fraction of sp³-hybridized carbons (Fsp3) is 0.857. The highest BCUT2D eigenvalue weighted by atomic mass is 16.5. The van der Waals surface area contributed by atoms with Gasteiger partial charge >= 0.3 is 17.9 Å². The molecule has 13 nitrogen and oxygen atoms in total. The number of hydrogen-bond acceptors (Lipinski definition) is 12. The molecule has 1 N–H and O–H groups in total. The number of ether oxygens (including phenoxy) is 4. The molecule has 1 aliphatic rings. The predicted molar refractivity (Wildman–Crippen MR) is 154 cm³/mol. The van der Waals surface area contributed by atoms with Gasteiger partial charge in [-0.25, -0.2) is 0 Å². The van der Waals surface area contributed by atoms with E-state index in [1.165, 1.54) is 21.1 Å². The van der Waals surface area contributed by atoms with Crippen molar-refractivity contribution in [2.75, 3.05) is 106 Å². The molecule has 238 valence electrons. The number of nitrogens with one attached hydrogen (secondary N) is 1. The van der Waals surface area contributed by atoms with Crippen molar-refractivity contribution >= 4 is 23.8 Å². The Labute approximate surface area is 245 Å². The Bertz CT molecular complexity index is 810. The van der Waals surface area contributed by atoms with E-state index in [9.17, 15) is 19.2 Å². The van der Waals surface area contributed by atoms with E-state index in [1.54, 1.807) is 0 Å². The summed E-state index contributed by atoms with van der Waals surface area (Å²) in [7, 11) is 2.70. The molecule has 1 fully saturated rings. The van der Waals surface area contributed by atoms with Gasteiger partial charge in [0.15, 0.2) is 0 Å². The smallest absolute Gasteiger partial charge is 0.319 e. The Morgan fingerprint density at radius 2 is 1.20 bits per heavy atom. The molecule has 13 heteroatoms. The maximum absolute atomic E-state index is 13.0. The average Bonchev–Trinajstić information content (AvgIpc) is 2.90.